The van der Waals surface area contributed by atoms with Gasteiger partial charge in [-0.2, -0.15) is 15.1 Å². The van der Waals surface area contributed by atoms with Crippen LogP contribution < -0.4 is 10.2 Å². The average molecular weight is 248 g/mol. The Labute approximate surface area is 107 Å². The van der Waals surface area contributed by atoms with Crippen LogP contribution in [0.1, 0.15) is 26.2 Å². The van der Waals surface area contributed by atoms with Crippen molar-refractivity contribution in [2.45, 2.75) is 26.2 Å². The zero-order valence-electron chi connectivity index (χ0n) is 11.2. The lowest BCUT2D eigenvalue weighted by atomic mass is 10.2. The predicted octanol–water partition coefficient (Wildman–Crippen LogP) is 2.02. The third-order valence-corrected chi connectivity index (χ3v) is 2.97. The van der Waals surface area contributed by atoms with E-state index >= 15 is 0 Å². The van der Waals surface area contributed by atoms with E-state index < -0.39 is 0 Å². The number of hydrogen-bond donors (Lipinski definition) is 2. The molecule has 0 saturated heterocycles. The van der Waals surface area contributed by atoms with E-state index in [0.717, 1.165) is 23.4 Å². The van der Waals surface area contributed by atoms with Crippen LogP contribution in [0.25, 0.3) is 11.0 Å². The highest BCUT2D eigenvalue weighted by Crippen LogP contribution is 2.23. The Kier molecular flexibility index (Phi) is 3.96. The second-order valence-corrected chi connectivity index (χ2v) is 4.38. The quantitative estimate of drug-likeness (QED) is 0.765. The van der Waals surface area contributed by atoms with Gasteiger partial charge in [0.15, 0.2) is 5.65 Å². The van der Waals surface area contributed by atoms with Crippen LogP contribution in [0.2, 0.25) is 0 Å². The van der Waals surface area contributed by atoms with Crippen molar-refractivity contribution in [2.24, 2.45) is 0 Å². The summed E-state index contributed by atoms with van der Waals surface area (Å²) in [4.78, 5) is 11.0. The second kappa shape index (κ2) is 5.66. The zero-order chi connectivity index (χ0) is 13.0. The van der Waals surface area contributed by atoms with E-state index in [-0.39, 0.29) is 0 Å². The van der Waals surface area contributed by atoms with Crippen molar-refractivity contribution in [2.75, 3.05) is 30.9 Å². The monoisotopic (exact) mass is 248 g/mol. The first-order chi connectivity index (χ1) is 8.76. The van der Waals surface area contributed by atoms with Gasteiger partial charge < -0.3 is 10.2 Å². The van der Waals surface area contributed by atoms with E-state index in [2.05, 4.69) is 44.4 Å². The molecule has 0 aliphatic rings. The third kappa shape index (κ3) is 2.52. The largest absolute Gasteiger partial charge is 0.359 e. The fraction of sp³-hybridized carbons (Fsp3) is 0.583. The number of aromatic amines is 1. The van der Waals surface area contributed by atoms with Crippen molar-refractivity contribution in [1.82, 2.24) is 20.2 Å². The smallest absolute Gasteiger partial charge is 0.226 e. The Morgan fingerprint density at radius 2 is 2.17 bits per heavy atom. The summed E-state index contributed by atoms with van der Waals surface area (Å²) in [6, 6.07) is 0. The molecule has 0 radical (unpaired) electrons. The average Bonchev–Trinajstić information content (AvgIpc) is 2.85. The molecule has 2 aromatic heterocycles. The molecule has 2 rings (SSSR count). The predicted molar refractivity (Wildman–Crippen MR) is 74.0 cm³/mol. The Bertz CT molecular complexity index is 506. The summed E-state index contributed by atoms with van der Waals surface area (Å²) >= 11 is 0. The molecule has 0 aromatic carbocycles. The van der Waals surface area contributed by atoms with Crippen LogP contribution in [0, 0.1) is 0 Å². The van der Waals surface area contributed by atoms with Crippen LogP contribution in [0.3, 0.4) is 0 Å². The van der Waals surface area contributed by atoms with Gasteiger partial charge in [-0.15, -0.1) is 0 Å². The van der Waals surface area contributed by atoms with E-state index in [1.54, 1.807) is 6.20 Å². The van der Waals surface area contributed by atoms with Gasteiger partial charge in [-0.25, -0.2) is 0 Å². The van der Waals surface area contributed by atoms with E-state index in [1.165, 1.54) is 19.3 Å². The number of anilines is 2. The van der Waals surface area contributed by atoms with Gasteiger partial charge in [0.25, 0.3) is 0 Å². The summed E-state index contributed by atoms with van der Waals surface area (Å²) in [5.41, 5.74) is 0.770. The summed E-state index contributed by atoms with van der Waals surface area (Å²) in [6.07, 6.45) is 5.41. The molecule has 98 valence electrons. The maximum Gasteiger partial charge on any atom is 0.226 e. The summed E-state index contributed by atoms with van der Waals surface area (Å²) in [5, 5.41) is 10.9. The molecule has 18 heavy (non-hydrogen) atoms. The summed E-state index contributed by atoms with van der Waals surface area (Å²) in [6.45, 7) is 3.20. The fourth-order valence-corrected chi connectivity index (χ4v) is 1.93. The maximum absolute atomic E-state index is 4.51. The van der Waals surface area contributed by atoms with Crippen molar-refractivity contribution in [3.05, 3.63) is 6.20 Å². The number of unbranched alkanes of at least 4 members (excludes halogenated alkanes) is 2. The first-order valence-corrected chi connectivity index (χ1v) is 6.36. The lowest BCUT2D eigenvalue weighted by molar-refractivity contribution is 0.702. The lowest BCUT2D eigenvalue weighted by Crippen LogP contribution is -2.20. The minimum atomic E-state index is 0.615. The van der Waals surface area contributed by atoms with Gasteiger partial charge in [-0.05, 0) is 6.42 Å². The minimum absolute atomic E-state index is 0.615. The highest BCUT2D eigenvalue weighted by atomic mass is 15.2. The molecule has 6 nitrogen and oxygen atoms in total. The van der Waals surface area contributed by atoms with Crippen molar-refractivity contribution < 1.29 is 0 Å². The molecular formula is C12H20N6. The van der Waals surface area contributed by atoms with E-state index in [0.29, 0.717) is 5.95 Å². The molecule has 2 heterocycles. The van der Waals surface area contributed by atoms with Crippen molar-refractivity contribution in [3.63, 3.8) is 0 Å². The maximum atomic E-state index is 4.51. The topological polar surface area (TPSA) is 69.7 Å². The summed E-state index contributed by atoms with van der Waals surface area (Å²) < 4.78 is 0. The van der Waals surface area contributed by atoms with Gasteiger partial charge in [-0.1, -0.05) is 19.8 Å². The molecule has 0 aliphatic carbocycles. The molecular weight excluding hydrogens is 228 g/mol. The van der Waals surface area contributed by atoms with Crippen molar-refractivity contribution >= 4 is 22.8 Å². The van der Waals surface area contributed by atoms with Gasteiger partial charge in [0.2, 0.25) is 5.95 Å². The number of aromatic nitrogens is 4. The molecule has 0 atom stereocenters. The second-order valence-electron chi connectivity index (χ2n) is 4.38. The third-order valence-electron chi connectivity index (χ3n) is 2.97. The molecule has 0 fully saturated rings. The van der Waals surface area contributed by atoms with Crippen LogP contribution in [-0.4, -0.2) is 40.8 Å². The Hall–Kier alpha value is -1.85. The summed E-state index contributed by atoms with van der Waals surface area (Å²) in [5.74, 6) is 1.54. The lowest BCUT2D eigenvalue weighted by Gasteiger charge is -2.19. The molecule has 0 aliphatic heterocycles. The molecule has 2 N–H and O–H groups in total. The number of nitrogens with one attached hydrogen (secondary N) is 2. The van der Waals surface area contributed by atoms with Gasteiger partial charge in [-0.3, -0.25) is 5.10 Å². The SMILES string of the molecule is CCCCCN(C)c1nc(NC)nc2[nH]ncc12. The number of rotatable bonds is 6. The summed E-state index contributed by atoms with van der Waals surface area (Å²) in [7, 11) is 3.88. The van der Waals surface area contributed by atoms with Crippen LogP contribution in [0.4, 0.5) is 11.8 Å². The molecule has 0 saturated carbocycles. The molecule has 0 amide bonds. The number of hydrogen-bond acceptors (Lipinski definition) is 5. The van der Waals surface area contributed by atoms with E-state index in [9.17, 15) is 0 Å². The highest BCUT2D eigenvalue weighted by Gasteiger charge is 2.12. The van der Waals surface area contributed by atoms with Gasteiger partial charge in [0, 0.05) is 20.6 Å². The van der Waals surface area contributed by atoms with Gasteiger partial charge in [0.1, 0.15) is 5.82 Å². The first kappa shape index (κ1) is 12.6. The zero-order valence-corrected chi connectivity index (χ0v) is 11.2. The number of fused-ring (bicyclic) bond motifs is 1. The Morgan fingerprint density at radius 1 is 1.33 bits per heavy atom. The van der Waals surface area contributed by atoms with Crippen LogP contribution in [0.15, 0.2) is 6.20 Å². The van der Waals surface area contributed by atoms with Crippen LogP contribution >= 0.6 is 0 Å². The number of nitrogens with zero attached hydrogens (tertiary/aromatic N) is 4. The van der Waals surface area contributed by atoms with Gasteiger partial charge >= 0.3 is 0 Å². The van der Waals surface area contributed by atoms with Crippen LogP contribution in [-0.2, 0) is 0 Å². The standard InChI is InChI=1S/C12H20N6/c1-4-5-6-7-18(3)11-9-8-14-17-10(9)15-12(13-2)16-11/h8H,4-7H2,1-3H3,(H2,13,14,15,16,17). The molecule has 2 aromatic rings. The molecule has 0 unspecified atom stereocenters. The fourth-order valence-electron chi connectivity index (χ4n) is 1.93. The van der Waals surface area contributed by atoms with Crippen LogP contribution in [0.5, 0.6) is 0 Å². The van der Waals surface area contributed by atoms with Crippen molar-refractivity contribution in [3.8, 4) is 0 Å². The number of H-pyrrole nitrogens is 1. The molecule has 6 heteroatoms. The molecule has 0 spiro atoms. The van der Waals surface area contributed by atoms with Crippen molar-refractivity contribution in [1.29, 1.82) is 0 Å². The van der Waals surface area contributed by atoms with E-state index in [1.807, 2.05) is 7.05 Å². The molecule has 0 bridgehead atoms. The Balaban J connectivity index is 2.27. The normalized spacial score (nSPS) is 10.8. The highest BCUT2D eigenvalue weighted by molar-refractivity contribution is 5.87. The van der Waals surface area contributed by atoms with E-state index in [4.69, 9.17) is 0 Å². The van der Waals surface area contributed by atoms with Gasteiger partial charge in [0.05, 0.1) is 11.6 Å². The minimum Gasteiger partial charge on any atom is -0.359 e. The Morgan fingerprint density at radius 3 is 2.89 bits per heavy atom. The first-order valence-electron chi connectivity index (χ1n) is 6.36.